The number of carbonyl (C=O) groups is 1. The lowest BCUT2D eigenvalue weighted by Gasteiger charge is -2.10. The highest BCUT2D eigenvalue weighted by Crippen LogP contribution is 2.27. The van der Waals surface area contributed by atoms with Gasteiger partial charge < -0.3 is 10.1 Å². The van der Waals surface area contributed by atoms with Gasteiger partial charge in [0.05, 0.1) is 17.8 Å². The van der Waals surface area contributed by atoms with Crippen molar-refractivity contribution in [2.45, 2.75) is 4.90 Å². The van der Waals surface area contributed by atoms with Gasteiger partial charge in [-0.15, -0.1) is 11.8 Å². The average Bonchev–Trinajstić information content (AvgIpc) is 2.47. The Morgan fingerprint density at radius 2 is 2.00 bits per heavy atom. The van der Waals surface area contributed by atoms with Crippen LogP contribution in [0.2, 0.25) is 5.02 Å². The fourth-order valence-corrected chi connectivity index (χ4v) is 2.56. The number of carbonyl (C=O) groups excluding carboxylic acids is 1. The molecule has 104 valence electrons. The summed E-state index contributed by atoms with van der Waals surface area (Å²) in [6.45, 7) is 0. The van der Waals surface area contributed by atoms with Crippen LogP contribution in [0.4, 0.5) is 5.69 Å². The quantitative estimate of drug-likeness (QED) is 0.855. The Hall–Kier alpha value is -1.65. The van der Waals surface area contributed by atoms with E-state index < -0.39 is 0 Å². The molecule has 1 amide bonds. The SMILES string of the molecule is COc1ccc(C(=O)Nc2ccccc2SC)cc1Cl. The van der Waals surface area contributed by atoms with Crippen molar-refractivity contribution in [3.8, 4) is 5.75 Å². The number of benzene rings is 2. The Morgan fingerprint density at radius 3 is 2.65 bits per heavy atom. The third-order valence-electron chi connectivity index (χ3n) is 2.77. The number of rotatable bonds is 4. The Morgan fingerprint density at radius 1 is 1.25 bits per heavy atom. The maximum absolute atomic E-state index is 12.2. The number of hydrogen-bond acceptors (Lipinski definition) is 3. The van der Waals surface area contributed by atoms with Gasteiger partial charge >= 0.3 is 0 Å². The molecule has 0 aromatic heterocycles. The fourth-order valence-electron chi connectivity index (χ4n) is 1.75. The summed E-state index contributed by atoms with van der Waals surface area (Å²) in [4.78, 5) is 13.2. The van der Waals surface area contributed by atoms with Gasteiger partial charge in [-0.2, -0.15) is 0 Å². The van der Waals surface area contributed by atoms with Crippen LogP contribution in [0.1, 0.15) is 10.4 Å². The number of ether oxygens (including phenoxy) is 1. The summed E-state index contributed by atoms with van der Waals surface area (Å²) >= 11 is 7.61. The monoisotopic (exact) mass is 307 g/mol. The van der Waals surface area contributed by atoms with Gasteiger partial charge in [0, 0.05) is 10.5 Å². The molecule has 0 fully saturated rings. The molecule has 2 rings (SSSR count). The van der Waals surface area contributed by atoms with E-state index in [1.54, 1.807) is 30.0 Å². The summed E-state index contributed by atoms with van der Waals surface area (Å²) in [6, 6.07) is 12.6. The van der Waals surface area contributed by atoms with E-state index in [1.807, 2.05) is 30.5 Å². The number of nitrogens with one attached hydrogen (secondary N) is 1. The molecule has 5 heteroatoms. The van der Waals surface area contributed by atoms with Gasteiger partial charge in [-0.25, -0.2) is 0 Å². The first-order valence-corrected chi connectivity index (χ1v) is 7.54. The van der Waals surface area contributed by atoms with Gasteiger partial charge in [0.25, 0.3) is 5.91 Å². The molecular weight excluding hydrogens is 294 g/mol. The zero-order valence-electron chi connectivity index (χ0n) is 11.1. The number of para-hydroxylation sites is 1. The molecule has 0 radical (unpaired) electrons. The van der Waals surface area contributed by atoms with Crippen LogP contribution in [-0.2, 0) is 0 Å². The second kappa shape index (κ2) is 6.68. The van der Waals surface area contributed by atoms with Crippen LogP contribution in [0.25, 0.3) is 0 Å². The van der Waals surface area contributed by atoms with Gasteiger partial charge in [-0.1, -0.05) is 23.7 Å². The van der Waals surface area contributed by atoms with E-state index in [4.69, 9.17) is 16.3 Å². The van der Waals surface area contributed by atoms with Crippen molar-refractivity contribution in [3.05, 3.63) is 53.1 Å². The minimum atomic E-state index is -0.198. The number of hydrogen-bond donors (Lipinski definition) is 1. The van der Waals surface area contributed by atoms with Crippen molar-refractivity contribution in [2.75, 3.05) is 18.7 Å². The molecule has 0 aliphatic rings. The molecule has 0 unspecified atom stereocenters. The van der Waals surface area contributed by atoms with Crippen molar-refractivity contribution in [1.82, 2.24) is 0 Å². The lowest BCUT2D eigenvalue weighted by atomic mass is 10.2. The molecule has 1 N–H and O–H groups in total. The van der Waals surface area contributed by atoms with Crippen LogP contribution < -0.4 is 10.1 Å². The summed E-state index contributed by atoms with van der Waals surface area (Å²) in [7, 11) is 1.54. The van der Waals surface area contributed by atoms with Crippen molar-refractivity contribution in [1.29, 1.82) is 0 Å². The zero-order chi connectivity index (χ0) is 14.5. The standard InChI is InChI=1S/C15H14ClNO2S/c1-19-13-8-7-10(9-11(13)16)15(18)17-12-5-3-4-6-14(12)20-2/h3-9H,1-2H3,(H,17,18). The van der Waals surface area contributed by atoms with Gasteiger partial charge in [0.15, 0.2) is 0 Å². The Bertz CT molecular complexity index is 631. The first-order valence-electron chi connectivity index (χ1n) is 5.93. The van der Waals surface area contributed by atoms with Crippen LogP contribution in [0.15, 0.2) is 47.4 Å². The predicted molar refractivity (Wildman–Crippen MR) is 84.2 cm³/mol. The lowest BCUT2D eigenvalue weighted by molar-refractivity contribution is 0.102. The molecule has 0 saturated carbocycles. The maximum atomic E-state index is 12.2. The average molecular weight is 308 g/mol. The molecule has 2 aromatic carbocycles. The van der Waals surface area contributed by atoms with Crippen LogP contribution in [0.3, 0.4) is 0 Å². The second-order valence-corrected chi connectivity index (χ2v) is 5.26. The topological polar surface area (TPSA) is 38.3 Å². The normalized spacial score (nSPS) is 10.2. The van der Waals surface area contributed by atoms with E-state index in [0.29, 0.717) is 16.3 Å². The summed E-state index contributed by atoms with van der Waals surface area (Å²) in [5.41, 5.74) is 1.28. The van der Waals surface area contributed by atoms with E-state index in [2.05, 4.69) is 5.32 Å². The summed E-state index contributed by atoms with van der Waals surface area (Å²) in [5.74, 6) is 0.351. The molecule has 0 atom stereocenters. The third-order valence-corrected chi connectivity index (χ3v) is 3.86. The molecule has 20 heavy (non-hydrogen) atoms. The minimum Gasteiger partial charge on any atom is -0.495 e. The fraction of sp³-hybridized carbons (Fsp3) is 0.133. The van der Waals surface area contributed by atoms with Crippen molar-refractivity contribution in [2.24, 2.45) is 0 Å². The number of methoxy groups -OCH3 is 1. The molecular formula is C15H14ClNO2S. The molecule has 0 bridgehead atoms. The highest BCUT2D eigenvalue weighted by Gasteiger charge is 2.11. The van der Waals surface area contributed by atoms with E-state index in [9.17, 15) is 4.79 Å². The summed E-state index contributed by atoms with van der Waals surface area (Å²) < 4.78 is 5.07. The van der Waals surface area contributed by atoms with Crippen LogP contribution in [0, 0.1) is 0 Å². The largest absolute Gasteiger partial charge is 0.495 e. The van der Waals surface area contributed by atoms with Crippen molar-refractivity contribution in [3.63, 3.8) is 0 Å². The van der Waals surface area contributed by atoms with Gasteiger partial charge in [-0.3, -0.25) is 4.79 Å². The molecule has 0 heterocycles. The number of anilines is 1. The van der Waals surface area contributed by atoms with E-state index in [-0.39, 0.29) is 5.91 Å². The van der Waals surface area contributed by atoms with Gasteiger partial charge in [0.2, 0.25) is 0 Å². The molecule has 0 aliphatic carbocycles. The van der Waals surface area contributed by atoms with Crippen LogP contribution in [-0.4, -0.2) is 19.3 Å². The van der Waals surface area contributed by atoms with Gasteiger partial charge in [0.1, 0.15) is 5.75 Å². The van der Waals surface area contributed by atoms with E-state index >= 15 is 0 Å². The molecule has 2 aromatic rings. The Kier molecular flexibility index (Phi) is 4.93. The van der Waals surface area contributed by atoms with Crippen molar-refractivity contribution < 1.29 is 9.53 Å². The first-order chi connectivity index (χ1) is 9.65. The predicted octanol–water partition coefficient (Wildman–Crippen LogP) is 4.32. The second-order valence-electron chi connectivity index (χ2n) is 4.00. The first kappa shape index (κ1) is 14.8. The lowest BCUT2D eigenvalue weighted by Crippen LogP contribution is -2.12. The smallest absolute Gasteiger partial charge is 0.255 e. The van der Waals surface area contributed by atoms with E-state index in [1.165, 1.54) is 7.11 Å². The van der Waals surface area contributed by atoms with Crippen LogP contribution in [0.5, 0.6) is 5.75 Å². The molecule has 0 saturated heterocycles. The highest BCUT2D eigenvalue weighted by atomic mass is 35.5. The maximum Gasteiger partial charge on any atom is 0.255 e. The number of thioether (sulfide) groups is 1. The van der Waals surface area contributed by atoms with E-state index in [0.717, 1.165) is 10.6 Å². The minimum absolute atomic E-state index is 0.198. The Labute approximate surface area is 127 Å². The van der Waals surface area contributed by atoms with Gasteiger partial charge in [-0.05, 0) is 36.6 Å². The summed E-state index contributed by atoms with van der Waals surface area (Å²) in [5, 5.41) is 3.30. The highest BCUT2D eigenvalue weighted by molar-refractivity contribution is 7.98. The number of halogens is 1. The Balaban J connectivity index is 2.22. The third kappa shape index (κ3) is 3.26. The molecule has 3 nitrogen and oxygen atoms in total. The summed E-state index contributed by atoms with van der Waals surface area (Å²) in [6.07, 6.45) is 1.97. The number of amides is 1. The van der Waals surface area contributed by atoms with Crippen molar-refractivity contribution >= 4 is 35.0 Å². The molecule has 0 aliphatic heterocycles. The van der Waals surface area contributed by atoms with Crippen LogP contribution >= 0.6 is 23.4 Å². The molecule has 0 spiro atoms. The zero-order valence-corrected chi connectivity index (χ0v) is 12.7.